The van der Waals surface area contributed by atoms with Crippen LogP contribution < -0.4 is 4.90 Å². The molecule has 0 unspecified atom stereocenters. The van der Waals surface area contributed by atoms with Crippen molar-refractivity contribution in [1.29, 1.82) is 0 Å². The lowest BCUT2D eigenvalue weighted by atomic mass is 10.1. The van der Waals surface area contributed by atoms with Crippen molar-refractivity contribution in [2.75, 3.05) is 18.0 Å². The molecule has 0 aliphatic rings. The van der Waals surface area contributed by atoms with E-state index in [1.54, 1.807) is 37.4 Å². The fourth-order valence-corrected chi connectivity index (χ4v) is 1.48. The SMILES string of the molecule is C=CCN(CC=C)c1ncccc1C(C)=O. The Balaban J connectivity index is 3.11. The molecular weight excluding hydrogens is 200 g/mol. The highest BCUT2D eigenvalue weighted by Crippen LogP contribution is 2.17. The summed E-state index contributed by atoms with van der Waals surface area (Å²) in [5.41, 5.74) is 0.631. The second-order valence-electron chi connectivity index (χ2n) is 3.41. The Morgan fingerprint density at radius 1 is 1.44 bits per heavy atom. The van der Waals surface area contributed by atoms with Gasteiger partial charge in [-0.2, -0.15) is 0 Å². The van der Waals surface area contributed by atoms with Gasteiger partial charge in [0.1, 0.15) is 5.82 Å². The second kappa shape index (κ2) is 5.85. The van der Waals surface area contributed by atoms with Gasteiger partial charge in [-0.15, -0.1) is 13.2 Å². The average molecular weight is 216 g/mol. The number of carbonyl (C=O) groups is 1. The third kappa shape index (κ3) is 2.79. The molecule has 3 heteroatoms. The molecule has 1 heterocycles. The number of anilines is 1. The summed E-state index contributed by atoms with van der Waals surface area (Å²) >= 11 is 0. The molecule has 3 nitrogen and oxygen atoms in total. The third-order valence-electron chi connectivity index (χ3n) is 2.16. The molecule has 16 heavy (non-hydrogen) atoms. The Morgan fingerprint density at radius 3 is 2.56 bits per heavy atom. The van der Waals surface area contributed by atoms with Gasteiger partial charge in [-0.1, -0.05) is 12.2 Å². The summed E-state index contributed by atoms with van der Waals surface area (Å²) in [5.74, 6) is 0.705. The van der Waals surface area contributed by atoms with Crippen LogP contribution >= 0.6 is 0 Å². The molecule has 1 rings (SSSR count). The molecule has 0 aliphatic carbocycles. The first kappa shape index (κ1) is 12.2. The minimum absolute atomic E-state index is 0.0150. The molecule has 0 saturated heterocycles. The number of hydrogen-bond acceptors (Lipinski definition) is 3. The van der Waals surface area contributed by atoms with Crippen molar-refractivity contribution in [3.63, 3.8) is 0 Å². The Bertz CT molecular complexity index is 389. The number of Topliss-reactive ketones (excluding diaryl/α,β-unsaturated/α-hetero) is 1. The zero-order valence-corrected chi connectivity index (χ0v) is 9.52. The standard InChI is InChI=1S/C13H16N2O/c1-4-9-15(10-5-2)13-12(11(3)16)7-6-8-14-13/h4-8H,1-2,9-10H2,3H3. The Morgan fingerprint density at radius 2 is 2.06 bits per heavy atom. The molecule has 0 aliphatic heterocycles. The molecule has 1 aromatic rings. The number of pyridine rings is 1. The number of rotatable bonds is 6. The van der Waals surface area contributed by atoms with E-state index in [0.717, 1.165) is 0 Å². The lowest BCUT2D eigenvalue weighted by Gasteiger charge is -2.22. The minimum Gasteiger partial charge on any atom is -0.349 e. The molecule has 0 amide bonds. The van der Waals surface area contributed by atoms with Gasteiger partial charge in [-0.05, 0) is 19.1 Å². The number of carbonyl (C=O) groups excluding carboxylic acids is 1. The van der Waals surface area contributed by atoms with E-state index in [2.05, 4.69) is 18.1 Å². The number of ketones is 1. The maximum Gasteiger partial charge on any atom is 0.163 e. The van der Waals surface area contributed by atoms with Crippen LogP contribution in [0.5, 0.6) is 0 Å². The zero-order chi connectivity index (χ0) is 12.0. The van der Waals surface area contributed by atoms with Gasteiger partial charge < -0.3 is 4.90 Å². The Labute approximate surface area is 96.1 Å². The predicted molar refractivity (Wildman–Crippen MR) is 66.8 cm³/mol. The van der Waals surface area contributed by atoms with E-state index in [-0.39, 0.29) is 5.78 Å². The molecule has 0 bridgehead atoms. The second-order valence-corrected chi connectivity index (χ2v) is 3.41. The summed E-state index contributed by atoms with van der Waals surface area (Å²) in [7, 11) is 0. The summed E-state index contributed by atoms with van der Waals surface area (Å²) in [4.78, 5) is 17.7. The molecule has 0 radical (unpaired) electrons. The molecule has 1 aromatic heterocycles. The van der Waals surface area contributed by atoms with Gasteiger partial charge in [0.05, 0.1) is 5.56 Å². The van der Waals surface area contributed by atoms with Crippen LogP contribution in [0, 0.1) is 0 Å². The van der Waals surface area contributed by atoms with Gasteiger partial charge in [0.15, 0.2) is 5.78 Å². The van der Waals surface area contributed by atoms with Gasteiger partial charge in [0, 0.05) is 19.3 Å². The quantitative estimate of drug-likeness (QED) is 0.541. The fourth-order valence-electron chi connectivity index (χ4n) is 1.48. The van der Waals surface area contributed by atoms with Crippen LogP contribution in [0.2, 0.25) is 0 Å². The van der Waals surface area contributed by atoms with Gasteiger partial charge in [0.2, 0.25) is 0 Å². The lowest BCUT2D eigenvalue weighted by Crippen LogP contribution is -2.26. The molecule has 0 saturated carbocycles. The molecule has 0 atom stereocenters. The van der Waals surface area contributed by atoms with Crippen LogP contribution in [0.15, 0.2) is 43.6 Å². The van der Waals surface area contributed by atoms with Crippen molar-refractivity contribution in [2.45, 2.75) is 6.92 Å². The van der Waals surface area contributed by atoms with E-state index >= 15 is 0 Å². The summed E-state index contributed by atoms with van der Waals surface area (Å²) in [6.45, 7) is 10.2. The fraction of sp³-hybridized carbons (Fsp3) is 0.231. The monoisotopic (exact) mass is 216 g/mol. The third-order valence-corrected chi connectivity index (χ3v) is 2.16. The first-order valence-corrected chi connectivity index (χ1v) is 5.13. The number of hydrogen-bond donors (Lipinski definition) is 0. The topological polar surface area (TPSA) is 33.2 Å². The van der Waals surface area contributed by atoms with Crippen molar-refractivity contribution in [2.24, 2.45) is 0 Å². The van der Waals surface area contributed by atoms with Crippen LogP contribution in [0.25, 0.3) is 0 Å². The van der Waals surface area contributed by atoms with Crippen molar-refractivity contribution < 1.29 is 4.79 Å². The van der Waals surface area contributed by atoms with Crippen molar-refractivity contribution in [3.8, 4) is 0 Å². The maximum absolute atomic E-state index is 11.5. The maximum atomic E-state index is 11.5. The largest absolute Gasteiger partial charge is 0.349 e. The lowest BCUT2D eigenvalue weighted by molar-refractivity contribution is 0.101. The van der Waals surface area contributed by atoms with Gasteiger partial charge in [0.25, 0.3) is 0 Å². The predicted octanol–water partition coefficient (Wildman–Crippen LogP) is 2.46. The van der Waals surface area contributed by atoms with Crippen LogP contribution in [0.3, 0.4) is 0 Å². The molecule has 84 valence electrons. The van der Waals surface area contributed by atoms with Gasteiger partial charge >= 0.3 is 0 Å². The first-order chi connectivity index (χ1) is 7.70. The Hall–Kier alpha value is -1.90. The van der Waals surface area contributed by atoms with Crippen LogP contribution in [-0.4, -0.2) is 23.9 Å². The van der Waals surface area contributed by atoms with E-state index in [1.165, 1.54) is 0 Å². The number of aromatic nitrogens is 1. The average Bonchev–Trinajstić information content (AvgIpc) is 2.29. The minimum atomic E-state index is 0.0150. The van der Waals surface area contributed by atoms with Crippen LogP contribution in [0.1, 0.15) is 17.3 Å². The normalized spacial score (nSPS) is 9.56. The summed E-state index contributed by atoms with van der Waals surface area (Å²) in [5, 5.41) is 0. The molecular formula is C13H16N2O. The van der Waals surface area contributed by atoms with Crippen LogP contribution in [-0.2, 0) is 0 Å². The summed E-state index contributed by atoms with van der Waals surface area (Å²) in [6.07, 6.45) is 5.24. The highest BCUT2D eigenvalue weighted by atomic mass is 16.1. The van der Waals surface area contributed by atoms with E-state index in [4.69, 9.17) is 0 Å². The first-order valence-electron chi connectivity index (χ1n) is 5.13. The van der Waals surface area contributed by atoms with E-state index in [9.17, 15) is 4.79 Å². The van der Waals surface area contributed by atoms with Crippen molar-refractivity contribution >= 4 is 11.6 Å². The van der Waals surface area contributed by atoms with E-state index in [1.807, 2.05) is 4.90 Å². The van der Waals surface area contributed by atoms with Crippen LogP contribution in [0.4, 0.5) is 5.82 Å². The highest BCUT2D eigenvalue weighted by molar-refractivity contribution is 5.98. The molecule has 0 N–H and O–H groups in total. The highest BCUT2D eigenvalue weighted by Gasteiger charge is 2.12. The van der Waals surface area contributed by atoms with E-state index < -0.39 is 0 Å². The van der Waals surface area contributed by atoms with Crippen molar-refractivity contribution in [3.05, 3.63) is 49.2 Å². The number of nitrogens with zero attached hydrogens (tertiary/aromatic N) is 2. The smallest absolute Gasteiger partial charge is 0.163 e. The Kier molecular flexibility index (Phi) is 4.45. The van der Waals surface area contributed by atoms with E-state index in [0.29, 0.717) is 24.5 Å². The molecule has 0 fully saturated rings. The zero-order valence-electron chi connectivity index (χ0n) is 9.52. The van der Waals surface area contributed by atoms with Gasteiger partial charge in [-0.25, -0.2) is 4.98 Å². The summed E-state index contributed by atoms with van der Waals surface area (Å²) in [6, 6.07) is 3.55. The summed E-state index contributed by atoms with van der Waals surface area (Å²) < 4.78 is 0. The molecule has 0 spiro atoms. The van der Waals surface area contributed by atoms with Crippen molar-refractivity contribution in [1.82, 2.24) is 4.98 Å². The van der Waals surface area contributed by atoms with Gasteiger partial charge in [-0.3, -0.25) is 4.79 Å². The molecule has 0 aromatic carbocycles.